The van der Waals surface area contributed by atoms with Gasteiger partial charge in [-0.2, -0.15) is 0 Å². The quantitative estimate of drug-likeness (QED) is 0.701. The fourth-order valence-electron chi connectivity index (χ4n) is 2.85. The zero-order valence-electron chi connectivity index (χ0n) is 11.0. The first-order valence-electron chi connectivity index (χ1n) is 7.15. The predicted octanol–water partition coefficient (Wildman–Crippen LogP) is 2.95. The minimum atomic E-state index is -0.143. The number of aliphatic hydroxyl groups is 1. The van der Waals surface area contributed by atoms with Gasteiger partial charge in [0.05, 0.1) is 6.10 Å². The van der Waals surface area contributed by atoms with Crippen molar-refractivity contribution in [1.29, 1.82) is 0 Å². The van der Waals surface area contributed by atoms with E-state index in [2.05, 4.69) is 19.2 Å². The molecule has 0 amide bonds. The van der Waals surface area contributed by atoms with Gasteiger partial charge in [-0.3, -0.25) is 0 Å². The van der Waals surface area contributed by atoms with Gasteiger partial charge in [-0.1, -0.05) is 39.5 Å². The normalized spacial score (nSPS) is 27.9. The van der Waals surface area contributed by atoms with Gasteiger partial charge in [-0.05, 0) is 37.6 Å². The fraction of sp³-hybridized carbons (Fsp3) is 1.00. The van der Waals surface area contributed by atoms with Crippen LogP contribution in [0.3, 0.4) is 0 Å². The zero-order valence-corrected chi connectivity index (χ0v) is 11.0. The second-order valence-electron chi connectivity index (χ2n) is 5.41. The molecule has 0 radical (unpaired) electrons. The van der Waals surface area contributed by atoms with E-state index in [0.29, 0.717) is 0 Å². The molecule has 1 rings (SSSR count). The van der Waals surface area contributed by atoms with E-state index >= 15 is 0 Å². The lowest BCUT2D eigenvalue weighted by atomic mass is 9.80. The van der Waals surface area contributed by atoms with Crippen LogP contribution in [0, 0.1) is 11.8 Å². The highest BCUT2D eigenvalue weighted by Crippen LogP contribution is 2.30. The van der Waals surface area contributed by atoms with Gasteiger partial charge in [0.15, 0.2) is 0 Å². The molecule has 3 atom stereocenters. The maximum absolute atomic E-state index is 9.61. The van der Waals surface area contributed by atoms with E-state index in [1.807, 2.05) is 0 Å². The van der Waals surface area contributed by atoms with Crippen molar-refractivity contribution >= 4 is 0 Å². The maximum atomic E-state index is 9.61. The highest BCUT2D eigenvalue weighted by Gasteiger charge is 2.20. The van der Waals surface area contributed by atoms with Crippen LogP contribution in [0.5, 0.6) is 0 Å². The summed E-state index contributed by atoms with van der Waals surface area (Å²) in [6.07, 6.45) is 8.82. The van der Waals surface area contributed by atoms with Crippen LogP contribution in [0.1, 0.15) is 58.8 Å². The summed E-state index contributed by atoms with van der Waals surface area (Å²) in [6, 6.07) is 0. The molecule has 0 aromatic rings. The van der Waals surface area contributed by atoms with E-state index < -0.39 is 0 Å². The van der Waals surface area contributed by atoms with E-state index in [4.69, 9.17) is 0 Å². The number of rotatable bonds is 7. The molecule has 2 N–H and O–H groups in total. The van der Waals surface area contributed by atoms with Crippen LogP contribution in [0.2, 0.25) is 0 Å². The Bertz CT molecular complexity index is 172. The summed E-state index contributed by atoms with van der Waals surface area (Å²) >= 11 is 0. The third-order valence-electron chi connectivity index (χ3n) is 3.90. The van der Waals surface area contributed by atoms with E-state index in [-0.39, 0.29) is 6.10 Å². The van der Waals surface area contributed by atoms with Crippen LogP contribution < -0.4 is 5.32 Å². The number of nitrogens with one attached hydrogen (secondary N) is 1. The molecule has 0 aliphatic heterocycles. The Morgan fingerprint density at radius 1 is 1.25 bits per heavy atom. The Morgan fingerprint density at radius 2 is 2.00 bits per heavy atom. The molecule has 0 bridgehead atoms. The number of aliphatic hydroxyl groups excluding tert-OH is 1. The predicted molar refractivity (Wildman–Crippen MR) is 69.5 cm³/mol. The first kappa shape index (κ1) is 14.0. The molecule has 0 aromatic heterocycles. The van der Waals surface area contributed by atoms with Crippen molar-refractivity contribution in [3.8, 4) is 0 Å². The van der Waals surface area contributed by atoms with Crippen LogP contribution in [0.4, 0.5) is 0 Å². The third-order valence-corrected chi connectivity index (χ3v) is 3.90. The second-order valence-corrected chi connectivity index (χ2v) is 5.41. The summed E-state index contributed by atoms with van der Waals surface area (Å²) in [6.45, 7) is 6.32. The van der Waals surface area contributed by atoms with Gasteiger partial charge >= 0.3 is 0 Å². The zero-order chi connectivity index (χ0) is 11.8. The van der Waals surface area contributed by atoms with Crippen LogP contribution in [-0.2, 0) is 0 Å². The van der Waals surface area contributed by atoms with Gasteiger partial charge in [-0.15, -0.1) is 0 Å². The van der Waals surface area contributed by atoms with Gasteiger partial charge < -0.3 is 10.4 Å². The highest BCUT2D eigenvalue weighted by molar-refractivity contribution is 4.74. The van der Waals surface area contributed by atoms with Gasteiger partial charge in [-0.25, -0.2) is 0 Å². The molecule has 1 aliphatic rings. The lowest BCUT2D eigenvalue weighted by molar-refractivity contribution is 0.155. The maximum Gasteiger partial charge on any atom is 0.0664 e. The molecule has 96 valence electrons. The van der Waals surface area contributed by atoms with Crippen molar-refractivity contribution in [2.45, 2.75) is 64.9 Å². The molecular weight excluding hydrogens is 198 g/mol. The lowest BCUT2D eigenvalue weighted by Gasteiger charge is -2.28. The highest BCUT2D eigenvalue weighted by atomic mass is 16.3. The molecule has 0 heterocycles. The largest absolute Gasteiger partial charge is 0.392 e. The lowest BCUT2D eigenvalue weighted by Crippen LogP contribution is -2.32. The number of hydrogen-bond donors (Lipinski definition) is 2. The van der Waals surface area contributed by atoms with Crippen LogP contribution in [0.15, 0.2) is 0 Å². The summed E-state index contributed by atoms with van der Waals surface area (Å²) in [5, 5.41) is 13.0. The molecule has 2 heteroatoms. The van der Waals surface area contributed by atoms with Crippen LogP contribution >= 0.6 is 0 Å². The molecule has 0 saturated heterocycles. The monoisotopic (exact) mass is 227 g/mol. The van der Waals surface area contributed by atoms with Crippen molar-refractivity contribution in [2.75, 3.05) is 13.1 Å². The fourth-order valence-corrected chi connectivity index (χ4v) is 2.85. The third kappa shape index (κ3) is 5.31. The Balaban J connectivity index is 2.08. The van der Waals surface area contributed by atoms with Crippen molar-refractivity contribution in [1.82, 2.24) is 5.32 Å². The first-order valence-corrected chi connectivity index (χ1v) is 7.15. The molecule has 1 saturated carbocycles. The summed E-state index contributed by atoms with van der Waals surface area (Å²) in [4.78, 5) is 0. The van der Waals surface area contributed by atoms with Crippen LogP contribution in [-0.4, -0.2) is 24.3 Å². The second kappa shape index (κ2) is 8.08. The van der Waals surface area contributed by atoms with Gasteiger partial charge in [0.25, 0.3) is 0 Å². The number of hydrogen-bond acceptors (Lipinski definition) is 2. The summed E-state index contributed by atoms with van der Waals surface area (Å²) in [7, 11) is 0. The molecule has 1 aliphatic carbocycles. The molecule has 2 nitrogen and oxygen atoms in total. The van der Waals surface area contributed by atoms with Crippen molar-refractivity contribution in [2.24, 2.45) is 11.8 Å². The van der Waals surface area contributed by atoms with Gasteiger partial charge in [0.1, 0.15) is 0 Å². The Labute approximate surface area is 101 Å². The summed E-state index contributed by atoms with van der Waals surface area (Å²) < 4.78 is 0. The SMILES string of the molecule is CCCC(O)CNCC1CCCC(CC)C1. The minimum absolute atomic E-state index is 0.143. The average Bonchev–Trinajstić information content (AvgIpc) is 2.30. The van der Waals surface area contributed by atoms with Gasteiger partial charge in [0, 0.05) is 6.54 Å². The smallest absolute Gasteiger partial charge is 0.0664 e. The standard InChI is InChI=1S/C14H29NO/c1-3-6-14(16)11-15-10-13-8-5-7-12(4-2)9-13/h12-16H,3-11H2,1-2H3. The summed E-state index contributed by atoms with van der Waals surface area (Å²) in [5.41, 5.74) is 0. The van der Waals surface area contributed by atoms with Crippen molar-refractivity contribution < 1.29 is 5.11 Å². The van der Waals surface area contributed by atoms with E-state index in [0.717, 1.165) is 37.8 Å². The molecule has 0 spiro atoms. The van der Waals surface area contributed by atoms with Gasteiger partial charge in [0.2, 0.25) is 0 Å². The van der Waals surface area contributed by atoms with E-state index in [1.54, 1.807) is 0 Å². The Morgan fingerprint density at radius 3 is 2.69 bits per heavy atom. The van der Waals surface area contributed by atoms with Crippen molar-refractivity contribution in [3.05, 3.63) is 0 Å². The topological polar surface area (TPSA) is 32.3 Å². The Hall–Kier alpha value is -0.0800. The average molecular weight is 227 g/mol. The van der Waals surface area contributed by atoms with E-state index in [9.17, 15) is 5.11 Å². The summed E-state index contributed by atoms with van der Waals surface area (Å²) in [5.74, 6) is 1.81. The molecular formula is C14H29NO. The Kier molecular flexibility index (Phi) is 7.06. The molecule has 1 fully saturated rings. The molecule has 3 unspecified atom stereocenters. The van der Waals surface area contributed by atoms with Crippen molar-refractivity contribution in [3.63, 3.8) is 0 Å². The molecule has 0 aromatic carbocycles. The van der Waals surface area contributed by atoms with Crippen LogP contribution in [0.25, 0.3) is 0 Å². The van der Waals surface area contributed by atoms with E-state index in [1.165, 1.54) is 32.1 Å². The first-order chi connectivity index (χ1) is 7.76. The molecule has 16 heavy (non-hydrogen) atoms. The minimum Gasteiger partial charge on any atom is -0.392 e.